The minimum absolute atomic E-state index is 0.416. The lowest BCUT2D eigenvalue weighted by atomic mass is 10.2. The van der Waals surface area contributed by atoms with E-state index in [9.17, 15) is 0 Å². The van der Waals surface area contributed by atoms with Crippen LogP contribution in [0, 0.1) is 13.8 Å². The van der Waals surface area contributed by atoms with E-state index in [-0.39, 0.29) is 0 Å². The molecule has 0 aliphatic rings. The first kappa shape index (κ1) is 15.5. The van der Waals surface area contributed by atoms with Gasteiger partial charge in [-0.05, 0) is 31.5 Å². The molecule has 0 saturated heterocycles. The van der Waals surface area contributed by atoms with Crippen LogP contribution < -0.4 is 0 Å². The van der Waals surface area contributed by atoms with Crippen LogP contribution in [0.15, 0.2) is 62.6 Å². The zero-order valence-electron chi connectivity index (χ0n) is 13.8. The molecule has 25 heavy (non-hydrogen) atoms. The van der Waals surface area contributed by atoms with Crippen molar-refractivity contribution >= 4 is 23.4 Å². The summed E-state index contributed by atoms with van der Waals surface area (Å²) in [4.78, 5) is 14.4. The van der Waals surface area contributed by atoms with Gasteiger partial charge in [-0.3, -0.25) is 0 Å². The fourth-order valence-electron chi connectivity index (χ4n) is 2.47. The Morgan fingerprint density at radius 3 is 2.56 bits per heavy atom. The summed E-state index contributed by atoms with van der Waals surface area (Å²) in [5, 5.41) is 0.972. The predicted octanol–water partition coefficient (Wildman–Crippen LogP) is 5.43. The van der Waals surface area contributed by atoms with Gasteiger partial charge in [0.05, 0.1) is 17.0 Å². The molecular weight excluding hydrogens is 334 g/mol. The van der Waals surface area contributed by atoms with Gasteiger partial charge in [0.2, 0.25) is 5.89 Å². The maximum Gasteiger partial charge on any atom is 0.251 e. The summed E-state index contributed by atoms with van der Waals surface area (Å²) in [5.74, 6) is 1.54. The van der Waals surface area contributed by atoms with Crippen LogP contribution in [0.5, 0.6) is 0 Å². The number of benzene rings is 1. The fraction of sp³-hybridized carbons (Fsp3) is 0.105. The van der Waals surface area contributed by atoms with E-state index >= 15 is 0 Å². The summed E-state index contributed by atoms with van der Waals surface area (Å²) in [7, 11) is 0. The van der Waals surface area contributed by atoms with Gasteiger partial charge >= 0.3 is 0 Å². The highest BCUT2D eigenvalue weighted by Crippen LogP contribution is 2.37. The quantitative estimate of drug-likeness (QED) is 0.461. The van der Waals surface area contributed by atoms with Crippen molar-refractivity contribution in [1.82, 2.24) is 9.97 Å². The fourth-order valence-corrected chi connectivity index (χ4v) is 3.32. The van der Waals surface area contributed by atoms with Crippen molar-refractivity contribution in [3.63, 3.8) is 0 Å². The Labute approximate surface area is 148 Å². The number of hydrogen-bond acceptors (Lipinski definition) is 6. The van der Waals surface area contributed by atoms with Gasteiger partial charge in [-0.2, -0.15) is 0 Å². The number of rotatable bonds is 4. The third-order valence-corrected chi connectivity index (χ3v) is 4.65. The first-order chi connectivity index (χ1) is 12.2. The van der Waals surface area contributed by atoms with Crippen molar-refractivity contribution in [3.8, 4) is 22.2 Å². The molecule has 1 aromatic carbocycles. The van der Waals surface area contributed by atoms with Crippen LogP contribution >= 0.6 is 11.3 Å². The van der Waals surface area contributed by atoms with Gasteiger partial charge in [0, 0.05) is 6.21 Å². The highest BCUT2D eigenvalue weighted by Gasteiger charge is 2.20. The van der Waals surface area contributed by atoms with Crippen molar-refractivity contribution < 1.29 is 8.83 Å². The SMILES string of the molecule is Cc1nc(C)c(-c2nc(-c3ccco3)c(N=Cc3ccccc3)o2)s1. The Bertz CT molecular complexity index is 1010. The van der Waals surface area contributed by atoms with Crippen molar-refractivity contribution in [3.05, 3.63) is 65.0 Å². The molecule has 0 aliphatic heterocycles. The van der Waals surface area contributed by atoms with Crippen molar-refractivity contribution in [2.24, 2.45) is 4.99 Å². The molecule has 0 spiro atoms. The number of hydrogen-bond donors (Lipinski definition) is 0. The number of aliphatic imine (C=N–C) groups is 1. The maximum absolute atomic E-state index is 5.94. The lowest BCUT2D eigenvalue weighted by Gasteiger charge is -1.92. The molecule has 0 atom stereocenters. The lowest BCUT2D eigenvalue weighted by Crippen LogP contribution is -1.79. The van der Waals surface area contributed by atoms with E-state index < -0.39 is 0 Å². The highest BCUT2D eigenvalue weighted by atomic mass is 32.1. The maximum atomic E-state index is 5.94. The van der Waals surface area contributed by atoms with Crippen LogP contribution in [0.3, 0.4) is 0 Å². The highest BCUT2D eigenvalue weighted by molar-refractivity contribution is 7.15. The zero-order chi connectivity index (χ0) is 17.2. The molecule has 0 amide bonds. The molecule has 6 heteroatoms. The Morgan fingerprint density at radius 1 is 1.04 bits per heavy atom. The molecule has 0 fully saturated rings. The predicted molar refractivity (Wildman–Crippen MR) is 98.5 cm³/mol. The molecule has 0 bridgehead atoms. The lowest BCUT2D eigenvalue weighted by molar-refractivity contribution is 0.574. The molecule has 3 heterocycles. The third-order valence-electron chi connectivity index (χ3n) is 3.59. The topological polar surface area (TPSA) is 64.4 Å². The second-order valence-corrected chi connectivity index (χ2v) is 6.67. The van der Waals surface area contributed by atoms with E-state index in [1.54, 1.807) is 23.8 Å². The average molecular weight is 349 g/mol. The van der Waals surface area contributed by atoms with Gasteiger partial charge in [0.25, 0.3) is 5.88 Å². The standard InChI is InChI=1S/C19H15N3O2S/c1-12-17(25-13(2)21-12)19-22-16(15-9-6-10-23-15)18(24-19)20-11-14-7-4-3-5-8-14/h3-11H,1-2H3. The number of furan rings is 1. The normalized spacial score (nSPS) is 11.4. The molecule has 0 radical (unpaired) electrons. The van der Waals surface area contributed by atoms with Crippen LogP contribution in [0.2, 0.25) is 0 Å². The largest absolute Gasteiger partial charge is 0.463 e. The molecule has 5 nitrogen and oxygen atoms in total. The second kappa shape index (κ2) is 6.49. The van der Waals surface area contributed by atoms with E-state index in [1.807, 2.05) is 56.3 Å². The summed E-state index contributed by atoms with van der Waals surface area (Å²) in [5.41, 5.74) is 2.46. The van der Waals surface area contributed by atoms with Gasteiger partial charge < -0.3 is 8.83 Å². The van der Waals surface area contributed by atoms with Gasteiger partial charge in [-0.15, -0.1) is 11.3 Å². The van der Waals surface area contributed by atoms with Crippen LogP contribution in [0.1, 0.15) is 16.3 Å². The smallest absolute Gasteiger partial charge is 0.251 e. The van der Waals surface area contributed by atoms with Crippen molar-refractivity contribution in [2.75, 3.05) is 0 Å². The second-order valence-electron chi connectivity index (χ2n) is 5.47. The summed E-state index contributed by atoms with van der Waals surface area (Å²) < 4.78 is 11.4. The summed E-state index contributed by atoms with van der Waals surface area (Å²) >= 11 is 1.55. The van der Waals surface area contributed by atoms with E-state index in [0.717, 1.165) is 21.1 Å². The molecule has 124 valence electrons. The number of oxazole rings is 1. The van der Waals surface area contributed by atoms with E-state index in [0.29, 0.717) is 23.2 Å². The van der Waals surface area contributed by atoms with Crippen LogP contribution in [0.4, 0.5) is 5.88 Å². The summed E-state index contributed by atoms with van der Waals surface area (Å²) in [6, 6.07) is 13.5. The van der Waals surface area contributed by atoms with E-state index in [4.69, 9.17) is 8.83 Å². The van der Waals surface area contributed by atoms with Crippen molar-refractivity contribution in [1.29, 1.82) is 0 Å². The Kier molecular flexibility index (Phi) is 4.03. The molecule has 0 aliphatic carbocycles. The number of aryl methyl sites for hydroxylation is 2. The molecular formula is C19H15N3O2S. The van der Waals surface area contributed by atoms with E-state index in [2.05, 4.69) is 15.0 Å². The minimum Gasteiger partial charge on any atom is -0.463 e. The van der Waals surface area contributed by atoms with Gasteiger partial charge in [-0.1, -0.05) is 30.3 Å². The zero-order valence-corrected chi connectivity index (χ0v) is 14.6. The Balaban J connectivity index is 1.79. The van der Waals surface area contributed by atoms with E-state index in [1.165, 1.54) is 0 Å². The first-order valence-electron chi connectivity index (χ1n) is 7.79. The monoisotopic (exact) mass is 349 g/mol. The Hall–Kier alpha value is -2.99. The summed E-state index contributed by atoms with van der Waals surface area (Å²) in [6.07, 6.45) is 3.36. The third kappa shape index (κ3) is 3.16. The van der Waals surface area contributed by atoms with Gasteiger partial charge in [-0.25, -0.2) is 15.0 Å². The van der Waals surface area contributed by atoms with Gasteiger partial charge in [0.15, 0.2) is 11.5 Å². The number of thiazole rings is 1. The van der Waals surface area contributed by atoms with Crippen LogP contribution in [0.25, 0.3) is 22.2 Å². The number of nitrogens with zero attached hydrogens (tertiary/aromatic N) is 3. The van der Waals surface area contributed by atoms with Crippen molar-refractivity contribution in [2.45, 2.75) is 13.8 Å². The molecule has 0 N–H and O–H groups in total. The van der Waals surface area contributed by atoms with Crippen LogP contribution in [-0.2, 0) is 0 Å². The molecule has 4 rings (SSSR count). The van der Waals surface area contributed by atoms with Crippen LogP contribution in [-0.4, -0.2) is 16.2 Å². The number of aromatic nitrogens is 2. The average Bonchev–Trinajstić information content (AvgIpc) is 3.33. The Morgan fingerprint density at radius 2 is 1.88 bits per heavy atom. The molecule has 3 aromatic heterocycles. The minimum atomic E-state index is 0.416. The molecule has 4 aromatic rings. The molecule has 0 saturated carbocycles. The molecule has 0 unspecified atom stereocenters. The first-order valence-corrected chi connectivity index (χ1v) is 8.60. The van der Waals surface area contributed by atoms with Gasteiger partial charge in [0.1, 0.15) is 4.88 Å². The summed E-state index contributed by atoms with van der Waals surface area (Å²) in [6.45, 7) is 3.91.